The molecule has 0 aliphatic rings. The van der Waals surface area contributed by atoms with Gasteiger partial charge in [0.1, 0.15) is 0 Å². The van der Waals surface area contributed by atoms with E-state index >= 15 is 0 Å². The second kappa shape index (κ2) is 9.44. The molecular formula is C14H16ClNO4S. The molecule has 1 aromatic rings. The summed E-state index contributed by atoms with van der Waals surface area (Å²) in [6.07, 6.45) is 1.51. The predicted octanol–water partition coefficient (Wildman–Crippen LogP) is 2.20. The molecule has 0 fully saturated rings. The summed E-state index contributed by atoms with van der Waals surface area (Å²) in [6, 6.07) is 5.98. The maximum Gasteiger partial charge on any atom is 0.328 e. The van der Waals surface area contributed by atoms with Gasteiger partial charge in [-0.3, -0.25) is 4.79 Å². The quantitative estimate of drug-likeness (QED) is 0.413. The van der Waals surface area contributed by atoms with Crippen LogP contribution in [0.4, 0.5) is 0 Å². The maximum absolute atomic E-state index is 11.7. The van der Waals surface area contributed by atoms with E-state index in [4.69, 9.17) is 21.4 Å². The van der Waals surface area contributed by atoms with Gasteiger partial charge in [0.2, 0.25) is 5.91 Å². The van der Waals surface area contributed by atoms with Gasteiger partial charge in [0, 0.05) is 9.92 Å². The van der Waals surface area contributed by atoms with Gasteiger partial charge < -0.3 is 15.2 Å². The summed E-state index contributed by atoms with van der Waals surface area (Å²) in [7, 11) is 0. The first kappa shape index (κ1) is 17.6. The molecule has 0 aromatic heterocycles. The van der Waals surface area contributed by atoms with Gasteiger partial charge in [-0.25, -0.2) is 4.79 Å². The van der Waals surface area contributed by atoms with E-state index in [9.17, 15) is 9.59 Å². The predicted molar refractivity (Wildman–Crippen MR) is 82.8 cm³/mol. The number of thioether (sulfide) groups is 1. The fourth-order valence-corrected chi connectivity index (χ4v) is 2.20. The molecule has 0 saturated heterocycles. The van der Waals surface area contributed by atoms with Gasteiger partial charge >= 0.3 is 5.97 Å². The van der Waals surface area contributed by atoms with Crippen LogP contribution in [0.2, 0.25) is 5.02 Å². The molecule has 0 aliphatic heterocycles. The topological polar surface area (TPSA) is 75.6 Å². The van der Waals surface area contributed by atoms with E-state index < -0.39 is 12.0 Å². The Hall–Kier alpha value is -1.50. The molecule has 1 aromatic carbocycles. The number of hydrogen-bond donors (Lipinski definition) is 2. The van der Waals surface area contributed by atoms with Crippen molar-refractivity contribution < 1.29 is 19.4 Å². The number of carboxylic acid groups (broad SMARTS) is 1. The molecule has 21 heavy (non-hydrogen) atoms. The van der Waals surface area contributed by atoms with E-state index in [1.165, 1.54) is 17.8 Å². The first-order valence-corrected chi connectivity index (χ1v) is 7.48. The van der Waals surface area contributed by atoms with E-state index in [0.29, 0.717) is 5.02 Å². The Labute approximate surface area is 132 Å². The highest BCUT2D eigenvalue weighted by Gasteiger charge is 2.19. The van der Waals surface area contributed by atoms with Crippen molar-refractivity contribution >= 4 is 35.2 Å². The summed E-state index contributed by atoms with van der Waals surface area (Å²) in [5.74, 6) is -1.39. The molecule has 1 amide bonds. The Balaban J connectivity index is 2.40. The first-order valence-electron chi connectivity index (χ1n) is 6.12. The van der Waals surface area contributed by atoms with Crippen molar-refractivity contribution in [1.29, 1.82) is 0 Å². The molecule has 5 nitrogen and oxygen atoms in total. The largest absolute Gasteiger partial charge is 0.480 e. The molecule has 0 heterocycles. The zero-order chi connectivity index (χ0) is 15.7. The highest BCUT2D eigenvalue weighted by atomic mass is 35.5. The number of halogens is 1. The molecule has 0 aliphatic carbocycles. The van der Waals surface area contributed by atoms with Crippen LogP contribution in [0.25, 0.3) is 0 Å². The molecule has 114 valence electrons. The maximum atomic E-state index is 11.7. The van der Waals surface area contributed by atoms with Crippen molar-refractivity contribution in [3.8, 4) is 0 Å². The van der Waals surface area contributed by atoms with Gasteiger partial charge in [0.15, 0.2) is 6.04 Å². The second-order valence-electron chi connectivity index (χ2n) is 4.03. The summed E-state index contributed by atoms with van der Waals surface area (Å²) in [5, 5.41) is 12.0. The lowest BCUT2D eigenvalue weighted by Crippen LogP contribution is -2.44. The molecule has 0 radical (unpaired) electrons. The van der Waals surface area contributed by atoms with Crippen LogP contribution in [-0.2, 0) is 14.3 Å². The number of nitrogens with one attached hydrogen (secondary N) is 1. The Morgan fingerprint density at radius 1 is 1.43 bits per heavy atom. The number of hydrogen-bond acceptors (Lipinski definition) is 4. The standard InChI is InChI=1S/C14H16ClNO4S/c1-2-7-20-8-12(14(18)19)16-13(17)9-21-11-5-3-10(15)4-6-11/h2-6,12H,1,7-9H2,(H,16,17)(H,18,19). The van der Waals surface area contributed by atoms with Crippen molar-refractivity contribution in [2.75, 3.05) is 19.0 Å². The number of ether oxygens (including phenoxy) is 1. The van der Waals surface area contributed by atoms with Crippen molar-refractivity contribution in [3.63, 3.8) is 0 Å². The summed E-state index contributed by atoms with van der Waals surface area (Å²) in [5.41, 5.74) is 0. The normalized spacial score (nSPS) is 11.7. The summed E-state index contributed by atoms with van der Waals surface area (Å²) >= 11 is 7.06. The summed E-state index contributed by atoms with van der Waals surface area (Å²) in [4.78, 5) is 23.6. The second-order valence-corrected chi connectivity index (χ2v) is 5.51. The molecule has 1 rings (SSSR count). The fourth-order valence-electron chi connectivity index (χ4n) is 1.36. The number of carbonyl (C=O) groups is 2. The number of amides is 1. The van der Waals surface area contributed by atoms with Crippen molar-refractivity contribution in [2.24, 2.45) is 0 Å². The fraction of sp³-hybridized carbons (Fsp3) is 0.286. The number of carbonyl (C=O) groups excluding carboxylic acids is 1. The lowest BCUT2D eigenvalue weighted by molar-refractivity contribution is -0.143. The monoisotopic (exact) mass is 329 g/mol. The van der Waals surface area contributed by atoms with Crippen LogP contribution in [0.5, 0.6) is 0 Å². The zero-order valence-electron chi connectivity index (χ0n) is 11.3. The van der Waals surface area contributed by atoms with E-state index in [1.807, 2.05) is 0 Å². The van der Waals surface area contributed by atoms with Crippen molar-refractivity contribution in [1.82, 2.24) is 5.32 Å². The van der Waals surface area contributed by atoms with Gasteiger partial charge in [-0.2, -0.15) is 0 Å². The highest BCUT2D eigenvalue weighted by Crippen LogP contribution is 2.19. The van der Waals surface area contributed by atoms with E-state index in [-0.39, 0.29) is 24.9 Å². The molecule has 2 N–H and O–H groups in total. The third-order valence-corrected chi connectivity index (χ3v) is 3.60. The van der Waals surface area contributed by atoms with Crippen LogP contribution in [0.1, 0.15) is 0 Å². The van der Waals surface area contributed by atoms with Gasteiger partial charge in [-0.05, 0) is 24.3 Å². The van der Waals surface area contributed by atoms with Crippen LogP contribution >= 0.6 is 23.4 Å². The first-order chi connectivity index (χ1) is 10.0. The third kappa shape index (κ3) is 7.17. The Bertz CT molecular complexity index is 492. The molecule has 1 unspecified atom stereocenters. The Morgan fingerprint density at radius 2 is 2.10 bits per heavy atom. The van der Waals surface area contributed by atoms with E-state index in [0.717, 1.165) is 4.90 Å². The zero-order valence-corrected chi connectivity index (χ0v) is 12.8. The van der Waals surface area contributed by atoms with Crippen LogP contribution in [0.3, 0.4) is 0 Å². The molecular weight excluding hydrogens is 314 g/mol. The minimum atomic E-state index is -1.14. The lowest BCUT2D eigenvalue weighted by atomic mass is 10.3. The number of rotatable bonds is 9. The minimum absolute atomic E-state index is 0.0985. The number of carboxylic acids is 1. The molecule has 1 atom stereocenters. The molecule has 7 heteroatoms. The van der Waals surface area contributed by atoms with E-state index in [2.05, 4.69) is 11.9 Å². The van der Waals surface area contributed by atoms with Crippen LogP contribution in [-0.4, -0.2) is 42.0 Å². The van der Waals surface area contributed by atoms with Crippen LogP contribution < -0.4 is 5.32 Å². The van der Waals surface area contributed by atoms with Gasteiger partial charge in [-0.1, -0.05) is 17.7 Å². The smallest absolute Gasteiger partial charge is 0.328 e. The average molecular weight is 330 g/mol. The summed E-state index contributed by atoms with van der Waals surface area (Å²) < 4.78 is 5.05. The molecule has 0 bridgehead atoms. The van der Waals surface area contributed by atoms with Crippen molar-refractivity contribution in [2.45, 2.75) is 10.9 Å². The van der Waals surface area contributed by atoms with Crippen LogP contribution in [0, 0.1) is 0 Å². The highest BCUT2D eigenvalue weighted by molar-refractivity contribution is 8.00. The lowest BCUT2D eigenvalue weighted by Gasteiger charge is -2.14. The van der Waals surface area contributed by atoms with Crippen molar-refractivity contribution in [3.05, 3.63) is 41.9 Å². The van der Waals surface area contributed by atoms with Gasteiger partial charge in [0.25, 0.3) is 0 Å². The molecule has 0 saturated carbocycles. The molecule has 0 spiro atoms. The minimum Gasteiger partial charge on any atom is -0.480 e. The Kier molecular flexibility index (Phi) is 7.89. The van der Waals surface area contributed by atoms with Crippen LogP contribution in [0.15, 0.2) is 41.8 Å². The number of aliphatic carboxylic acids is 1. The average Bonchev–Trinajstić information content (AvgIpc) is 2.45. The number of benzene rings is 1. The Morgan fingerprint density at radius 3 is 2.67 bits per heavy atom. The van der Waals surface area contributed by atoms with E-state index in [1.54, 1.807) is 24.3 Å². The van der Waals surface area contributed by atoms with Gasteiger partial charge in [-0.15, -0.1) is 18.3 Å². The van der Waals surface area contributed by atoms with Gasteiger partial charge in [0.05, 0.1) is 19.0 Å². The SMILES string of the molecule is C=CCOCC(NC(=O)CSc1ccc(Cl)cc1)C(=O)O. The third-order valence-electron chi connectivity index (χ3n) is 2.34. The summed E-state index contributed by atoms with van der Waals surface area (Å²) in [6.45, 7) is 3.60.